The van der Waals surface area contributed by atoms with E-state index in [0.717, 1.165) is 28.8 Å². The molecule has 4 aliphatic rings. The van der Waals surface area contributed by atoms with Crippen molar-refractivity contribution in [2.75, 3.05) is 39.8 Å². The SMILES string of the molecule is CNC(=O)c1cc(-c2cccc(CN3O[C@@H](CO)[C@@H](C(C)=O)[C@H]3C(=O)N[C@H]3C[C@@H]4C[C@@H]([C@@H]3C)C4(C)C)c2OC)cc(N(C)C)c1. The Morgan fingerprint density at radius 2 is 1.89 bits per heavy atom. The number of carbonyl (C=O) groups is 3. The molecule has 3 N–H and O–H groups in total. The minimum atomic E-state index is -0.914. The highest BCUT2D eigenvalue weighted by atomic mass is 16.7. The predicted octanol–water partition coefficient (Wildman–Crippen LogP) is 3.66. The second-order valence-electron chi connectivity index (χ2n) is 13.8. The molecule has 2 aromatic carbocycles. The third kappa shape index (κ3) is 5.95. The minimum absolute atomic E-state index is 0.0215. The Morgan fingerprint density at radius 3 is 2.47 bits per heavy atom. The number of rotatable bonds is 10. The number of aliphatic hydroxyl groups is 1. The molecule has 2 aromatic rings. The summed E-state index contributed by atoms with van der Waals surface area (Å²) in [6.07, 6.45) is 1.27. The summed E-state index contributed by atoms with van der Waals surface area (Å²) in [7, 11) is 7.01. The van der Waals surface area contributed by atoms with Gasteiger partial charge in [0.05, 0.1) is 26.2 Å². The number of hydrogen-bond acceptors (Lipinski definition) is 8. The number of anilines is 1. The zero-order chi connectivity index (χ0) is 32.8. The molecular formula is C35H48N4O6. The van der Waals surface area contributed by atoms with E-state index in [0.29, 0.717) is 29.1 Å². The number of ether oxygens (including phenoxy) is 1. The van der Waals surface area contributed by atoms with Crippen LogP contribution in [0.5, 0.6) is 5.75 Å². The molecule has 45 heavy (non-hydrogen) atoms. The predicted molar refractivity (Wildman–Crippen MR) is 173 cm³/mol. The highest BCUT2D eigenvalue weighted by Crippen LogP contribution is 2.61. The fraction of sp³-hybridized carbons (Fsp3) is 0.571. The normalized spacial score (nSPS) is 28.6. The average Bonchev–Trinajstić information content (AvgIpc) is 3.39. The van der Waals surface area contributed by atoms with Crippen LogP contribution < -0.4 is 20.3 Å². The molecule has 4 fully saturated rings. The number of carbonyl (C=O) groups excluding carboxylic acids is 3. The van der Waals surface area contributed by atoms with Crippen LogP contribution in [0.2, 0.25) is 0 Å². The van der Waals surface area contributed by atoms with Gasteiger partial charge in [-0.15, -0.1) is 0 Å². The van der Waals surface area contributed by atoms with Gasteiger partial charge >= 0.3 is 0 Å². The first-order valence-corrected chi connectivity index (χ1v) is 15.9. The zero-order valence-corrected chi connectivity index (χ0v) is 27.7. The highest BCUT2D eigenvalue weighted by molar-refractivity contribution is 5.97. The lowest BCUT2D eigenvalue weighted by molar-refractivity contribution is -0.183. The molecule has 3 aliphatic carbocycles. The maximum atomic E-state index is 14.1. The van der Waals surface area contributed by atoms with Crippen molar-refractivity contribution in [3.05, 3.63) is 47.5 Å². The third-order valence-electron chi connectivity index (χ3n) is 10.8. The van der Waals surface area contributed by atoms with Crippen LogP contribution in [-0.2, 0) is 21.0 Å². The Kier molecular flexibility index (Phi) is 9.31. The largest absolute Gasteiger partial charge is 0.496 e. The van der Waals surface area contributed by atoms with Crippen LogP contribution in [0.3, 0.4) is 0 Å². The maximum absolute atomic E-state index is 14.1. The van der Waals surface area contributed by atoms with Gasteiger partial charge in [-0.05, 0) is 66.7 Å². The van der Waals surface area contributed by atoms with Gasteiger partial charge in [0.15, 0.2) is 0 Å². The summed E-state index contributed by atoms with van der Waals surface area (Å²) in [5.74, 6) is 0.515. The van der Waals surface area contributed by atoms with E-state index < -0.39 is 18.1 Å². The molecule has 2 bridgehead atoms. The summed E-state index contributed by atoms with van der Waals surface area (Å²) in [4.78, 5) is 47.7. The van der Waals surface area contributed by atoms with E-state index in [1.165, 1.54) is 18.4 Å². The van der Waals surface area contributed by atoms with E-state index in [2.05, 4.69) is 31.4 Å². The van der Waals surface area contributed by atoms with Crippen molar-refractivity contribution in [3.63, 3.8) is 0 Å². The smallest absolute Gasteiger partial charge is 0.251 e. The van der Waals surface area contributed by atoms with Gasteiger partial charge in [0, 0.05) is 49.6 Å². The lowest BCUT2D eigenvalue weighted by atomic mass is 9.45. The van der Waals surface area contributed by atoms with Crippen LogP contribution in [0.4, 0.5) is 5.69 Å². The number of nitrogens with one attached hydrogen (secondary N) is 2. The number of aliphatic hydroxyl groups excluding tert-OH is 1. The summed E-state index contributed by atoms with van der Waals surface area (Å²) in [5, 5.41) is 17.7. The fourth-order valence-corrected chi connectivity index (χ4v) is 8.00. The molecule has 10 nitrogen and oxygen atoms in total. The summed E-state index contributed by atoms with van der Waals surface area (Å²) >= 11 is 0. The first-order valence-electron chi connectivity index (χ1n) is 15.9. The lowest BCUT2D eigenvalue weighted by Gasteiger charge is -2.62. The summed E-state index contributed by atoms with van der Waals surface area (Å²) in [6.45, 7) is 8.06. The Labute approximate surface area is 266 Å². The second kappa shape index (κ2) is 12.7. The Hall–Kier alpha value is -3.47. The van der Waals surface area contributed by atoms with Crippen LogP contribution in [0.1, 0.15) is 56.5 Å². The number of Topliss-reactive ketones (excluding diaryl/α,β-unsaturated/α-hetero) is 1. The lowest BCUT2D eigenvalue weighted by Crippen LogP contribution is -2.62. The van der Waals surface area contributed by atoms with Crippen molar-refractivity contribution in [1.82, 2.24) is 15.7 Å². The van der Waals surface area contributed by atoms with Gasteiger partial charge in [-0.3, -0.25) is 19.2 Å². The van der Waals surface area contributed by atoms with Gasteiger partial charge in [-0.25, -0.2) is 0 Å². The van der Waals surface area contributed by atoms with Crippen molar-refractivity contribution in [3.8, 4) is 16.9 Å². The molecule has 1 saturated heterocycles. The van der Waals surface area contributed by atoms with Gasteiger partial charge in [0.1, 0.15) is 23.7 Å². The van der Waals surface area contributed by atoms with Gasteiger partial charge in [0.25, 0.3) is 5.91 Å². The quantitative estimate of drug-likeness (QED) is 0.368. The number of para-hydroxylation sites is 1. The van der Waals surface area contributed by atoms with Crippen molar-refractivity contribution < 1.29 is 29.1 Å². The molecule has 0 aromatic heterocycles. The number of amides is 2. The molecular weight excluding hydrogens is 572 g/mol. The van der Waals surface area contributed by atoms with Crippen molar-refractivity contribution in [2.45, 2.75) is 65.3 Å². The summed E-state index contributed by atoms with van der Waals surface area (Å²) in [6, 6.07) is 10.5. The molecule has 6 rings (SSSR count). The number of hydroxylamine groups is 2. The van der Waals surface area contributed by atoms with Crippen molar-refractivity contribution >= 4 is 23.3 Å². The first kappa shape index (κ1) is 32.9. The van der Waals surface area contributed by atoms with E-state index in [1.54, 1.807) is 14.2 Å². The Morgan fingerprint density at radius 1 is 1.16 bits per heavy atom. The van der Waals surface area contributed by atoms with E-state index in [9.17, 15) is 19.5 Å². The number of hydrogen-bond donors (Lipinski definition) is 3. The van der Waals surface area contributed by atoms with E-state index in [-0.39, 0.29) is 42.2 Å². The second-order valence-corrected chi connectivity index (χ2v) is 13.8. The molecule has 3 saturated carbocycles. The molecule has 0 spiro atoms. The standard InChI is InChI=1S/C35H48N4O6/c1-19-27-15-24(35(27,3)4)16-28(19)37-34(43)31-30(20(2)41)29(18-40)45-39(31)17-21-10-9-11-26(32(21)44-8)22-12-23(33(42)36-5)14-25(13-22)38(6)7/h9-14,19,24,27-31,40H,15-18H2,1-8H3,(H,36,42)(H,37,43)/t19-,24-,27-,28-,29-,30+,31-/m0/s1. The highest BCUT2D eigenvalue weighted by Gasteiger charge is 2.57. The third-order valence-corrected chi connectivity index (χ3v) is 10.8. The zero-order valence-electron chi connectivity index (χ0n) is 27.7. The Balaban J connectivity index is 1.47. The number of benzene rings is 2. The molecule has 7 atom stereocenters. The summed E-state index contributed by atoms with van der Waals surface area (Å²) in [5.41, 5.74) is 3.94. The number of ketones is 1. The fourth-order valence-electron chi connectivity index (χ4n) is 8.00. The maximum Gasteiger partial charge on any atom is 0.251 e. The molecule has 244 valence electrons. The van der Waals surface area contributed by atoms with Crippen LogP contribution in [0.15, 0.2) is 36.4 Å². The van der Waals surface area contributed by atoms with Crippen LogP contribution >= 0.6 is 0 Å². The van der Waals surface area contributed by atoms with Crippen LogP contribution in [0, 0.1) is 29.1 Å². The van der Waals surface area contributed by atoms with Gasteiger partial charge in [0.2, 0.25) is 5.91 Å². The molecule has 1 heterocycles. The van der Waals surface area contributed by atoms with Gasteiger partial charge in [-0.1, -0.05) is 39.0 Å². The number of methoxy groups -OCH3 is 1. The molecule has 2 amide bonds. The van der Waals surface area contributed by atoms with E-state index in [4.69, 9.17) is 9.57 Å². The average molecular weight is 621 g/mol. The van der Waals surface area contributed by atoms with Gasteiger partial charge in [-0.2, -0.15) is 5.06 Å². The number of nitrogens with zero attached hydrogens (tertiary/aromatic N) is 2. The summed E-state index contributed by atoms with van der Waals surface area (Å²) < 4.78 is 5.95. The monoisotopic (exact) mass is 620 g/mol. The Bertz CT molecular complexity index is 1460. The molecule has 0 unspecified atom stereocenters. The van der Waals surface area contributed by atoms with Crippen LogP contribution in [0.25, 0.3) is 11.1 Å². The van der Waals surface area contributed by atoms with Gasteiger partial charge < -0.3 is 25.4 Å². The van der Waals surface area contributed by atoms with Crippen molar-refractivity contribution in [1.29, 1.82) is 0 Å². The van der Waals surface area contributed by atoms with E-state index in [1.807, 2.05) is 55.4 Å². The minimum Gasteiger partial charge on any atom is -0.496 e. The number of fused-ring (bicyclic) bond motifs is 2. The topological polar surface area (TPSA) is 120 Å². The first-order chi connectivity index (χ1) is 21.3. The molecule has 10 heteroatoms. The van der Waals surface area contributed by atoms with E-state index >= 15 is 0 Å². The molecule has 1 aliphatic heterocycles. The van der Waals surface area contributed by atoms with Crippen LogP contribution in [-0.4, -0.2) is 80.8 Å². The molecule has 0 radical (unpaired) electrons. The van der Waals surface area contributed by atoms with Crippen molar-refractivity contribution in [2.24, 2.45) is 29.1 Å².